The molecule has 112 valence electrons. The van der Waals surface area contributed by atoms with Gasteiger partial charge in [-0.3, -0.25) is 9.40 Å². The molecule has 0 saturated carbocycles. The van der Waals surface area contributed by atoms with Crippen LogP contribution in [0.25, 0.3) is 0 Å². The van der Waals surface area contributed by atoms with E-state index in [0.717, 1.165) is 10.8 Å². The fraction of sp³-hybridized carbons (Fsp3) is 0.636. The van der Waals surface area contributed by atoms with Gasteiger partial charge in [-0.15, -0.1) is 0 Å². The van der Waals surface area contributed by atoms with Crippen molar-refractivity contribution in [1.82, 2.24) is 9.55 Å². The minimum absolute atomic E-state index is 0.262. The third-order valence-electron chi connectivity index (χ3n) is 2.97. The quantitative estimate of drug-likeness (QED) is 0.635. The average Bonchev–Trinajstić information content (AvgIpc) is 2.67. The zero-order chi connectivity index (χ0) is 14.9. The van der Waals surface area contributed by atoms with E-state index in [0.29, 0.717) is 0 Å². The summed E-state index contributed by atoms with van der Waals surface area (Å²) >= 11 is 0. The highest BCUT2D eigenvalue weighted by Crippen LogP contribution is 2.28. The number of nitrogens with zero attached hydrogens (tertiary/aromatic N) is 2. The van der Waals surface area contributed by atoms with Gasteiger partial charge in [-0.05, 0) is 13.8 Å². The second-order valence-corrected chi connectivity index (χ2v) is 4.38. The van der Waals surface area contributed by atoms with Crippen LogP contribution in [0, 0.1) is 5.82 Å². The molecule has 4 atom stereocenters. The van der Waals surface area contributed by atoms with Crippen molar-refractivity contribution in [1.29, 1.82) is 0 Å². The van der Waals surface area contributed by atoms with Crippen LogP contribution in [-0.4, -0.2) is 44.7 Å². The molecular weight excluding hydrogens is 273 g/mol. The highest BCUT2D eigenvalue weighted by Gasteiger charge is 2.42. The topological polar surface area (TPSA) is 106 Å². The van der Waals surface area contributed by atoms with E-state index >= 15 is 0 Å². The number of aliphatic hydroxyl groups excluding tert-OH is 2. The Morgan fingerprint density at radius 1 is 1.55 bits per heavy atom. The fourth-order valence-corrected chi connectivity index (χ4v) is 1.90. The van der Waals surface area contributed by atoms with Crippen molar-refractivity contribution in [2.75, 3.05) is 12.1 Å². The van der Waals surface area contributed by atoms with Crippen LogP contribution in [0.5, 0.6) is 0 Å². The second-order valence-electron chi connectivity index (χ2n) is 4.38. The molecule has 1 saturated heterocycles. The first-order valence-electron chi connectivity index (χ1n) is 6.13. The molecule has 2 rings (SSSR count). The SMILES string of the molecule is CCONc1nc(=O)n([C@@H]2O[C@H](C)[C@@H](O)[C@H]2O)cc1F. The molecule has 0 spiro atoms. The highest BCUT2D eigenvalue weighted by molar-refractivity contribution is 5.31. The number of hydrogen-bond donors (Lipinski definition) is 3. The van der Waals surface area contributed by atoms with Gasteiger partial charge in [0.1, 0.15) is 12.2 Å². The Balaban J connectivity index is 2.30. The highest BCUT2D eigenvalue weighted by atomic mass is 19.1. The van der Waals surface area contributed by atoms with E-state index in [1.807, 2.05) is 0 Å². The van der Waals surface area contributed by atoms with Crippen molar-refractivity contribution in [3.05, 3.63) is 22.5 Å². The smallest absolute Gasteiger partial charge is 0.351 e. The van der Waals surface area contributed by atoms with Crippen molar-refractivity contribution in [3.63, 3.8) is 0 Å². The molecule has 9 heteroatoms. The molecule has 1 aliphatic rings. The Morgan fingerprint density at radius 3 is 2.80 bits per heavy atom. The number of halogens is 1. The molecule has 1 aromatic rings. The maximum Gasteiger partial charge on any atom is 0.351 e. The number of hydrogen-bond acceptors (Lipinski definition) is 7. The van der Waals surface area contributed by atoms with Gasteiger partial charge in [-0.25, -0.2) is 14.7 Å². The lowest BCUT2D eigenvalue weighted by atomic mass is 10.1. The van der Waals surface area contributed by atoms with Gasteiger partial charge < -0.3 is 14.9 Å². The minimum atomic E-state index is -1.34. The van der Waals surface area contributed by atoms with Crippen LogP contribution in [0.2, 0.25) is 0 Å². The molecule has 0 aliphatic carbocycles. The van der Waals surface area contributed by atoms with Gasteiger partial charge in [0.2, 0.25) is 0 Å². The third kappa shape index (κ3) is 2.66. The van der Waals surface area contributed by atoms with Crippen molar-refractivity contribution >= 4 is 5.82 Å². The van der Waals surface area contributed by atoms with Gasteiger partial charge in [0, 0.05) is 0 Å². The van der Waals surface area contributed by atoms with Crippen molar-refractivity contribution in [3.8, 4) is 0 Å². The summed E-state index contributed by atoms with van der Waals surface area (Å²) in [6.45, 7) is 3.48. The molecular formula is C11H16FN3O5. The summed E-state index contributed by atoms with van der Waals surface area (Å²) in [5.74, 6) is -1.20. The molecule has 1 fully saturated rings. The average molecular weight is 289 g/mol. The molecule has 3 N–H and O–H groups in total. The first-order chi connectivity index (χ1) is 9.45. The molecule has 0 radical (unpaired) electrons. The Hall–Kier alpha value is -1.55. The maximum absolute atomic E-state index is 13.8. The van der Waals surface area contributed by atoms with E-state index in [2.05, 4.69) is 10.5 Å². The number of aliphatic hydroxyl groups is 2. The molecule has 8 nitrogen and oxygen atoms in total. The predicted molar refractivity (Wildman–Crippen MR) is 65.3 cm³/mol. The Bertz CT molecular complexity index is 537. The second kappa shape index (κ2) is 5.83. The van der Waals surface area contributed by atoms with Gasteiger partial charge in [0.15, 0.2) is 17.9 Å². The number of ether oxygens (including phenoxy) is 1. The van der Waals surface area contributed by atoms with E-state index in [1.165, 1.54) is 6.92 Å². The van der Waals surface area contributed by atoms with E-state index in [1.54, 1.807) is 6.92 Å². The monoisotopic (exact) mass is 289 g/mol. The maximum atomic E-state index is 13.8. The van der Waals surface area contributed by atoms with Crippen LogP contribution < -0.4 is 11.2 Å². The molecule has 0 amide bonds. The minimum Gasteiger partial charge on any atom is -0.388 e. The Kier molecular flexibility index (Phi) is 4.33. The molecule has 1 aromatic heterocycles. The van der Waals surface area contributed by atoms with Crippen molar-refractivity contribution in [2.24, 2.45) is 0 Å². The normalized spacial score (nSPS) is 29.6. The summed E-state index contributed by atoms with van der Waals surface area (Å²) < 4.78 is 19.8. The molecule has 0 bridgehead atoms. The Morgan fingerprint density at radius 2 is 2.25 bits per heavy atom. The molecule has 1 aliphatic heterocycles. The zero-order valence-electron chi connectivity index (χ0n) is 11.0. The largest absolute Gasteiger partial charge is 0.388 e. The van der Waals surface area contributed by atoms with Gasteiger partial charge >= 0.3 is 5.69 Å². The summed E-state index contributed by atoms with van der Waals surface area (Å²) in [6.07, 6.45) is -3.51. The summed E-state index contributed by atoms with van der Waals surface area (Å²) in [5.41, 5.74) is 1.36. The van der Waals surface area contributed by atoms with E-state index in [4.69, 9.17) is 9.57 Å². The van der Waals surface area contributed by atoms with Crippen LogP contribution in [0.1, 0.15) is 20.1 Å². The van der Waals surface area contributed by atoms with Crippen LogP contribution >= 0.6 is 0 Å². The van der Waals surface area contributed by atoms with E-state index < -0.39 is 36.0 Å². The van der Waals surface area contributed by atoms with Gasteiger partial charge in [-0.1, -0.05) is 0 Å². The summed E-state index contributed by atoms with van der Waals surface area (Å²) in [5, 5.41) is 19.4. The number of aromatic nitrogens is 2. The molecule has 20 heavy (non-hydrogen) atoms. The predicted octanol–water partition coefficient (Wildman–Crippen LogP) is -0.615. The lowest BCUT2D eigenvalue weighted by Crippen LogP contribution is -2.36. The van der Waals surface area contributed by atoms with E-state index in [-0.39, 0.29) is 12.4 Å². The summed E-state index contributed by atoms with van der Waals surface area (Å²) in [6, 6.07) is 0. The number of anilines is 1. The van der Waals surface area contributed by atoms with Crippen LogP contribution in [-0.2, 0) is 9.57 Å². The van der Waals surface area contributed by atoms with Gasteiger partial charge in [0.25, 0.3) is 0 Å². The van der Waals surface area contributed by atoms with Crippen molar-refractivity contribution in [2.45, 2.75) is 38.4 Å². The lowest BCUT2D eigenvalue weighted by Gasteiger charge is -2.17. The molecule has 0 unspecified atom stereocenters. The summed E-state index contributed by atoms with van der Waals surface area (Å²) in [4.78, 5) is 20.0. The number of nitrogens with one attached hydrogen (secondary N) is 1. The Labute approximate surface area is 113 Å². The van der Waals surface area contributed by atoms with Gasteiger partial charge in [-0.2, -0.15) is 4.98 Å². The first kappa shape index (κ1) is 14.9. The number of rotatable bonds is 4. The fourth-order valence-electron chi connectivity index (χ4n) is 1.90. The van der Waals surface area contributed by atoms with Crippen molar-refractivity contribution < 1.29 is 24.2 Å². The summed E-state index contributed by atoms with van der Waals surface area (Å²) in [7, 11) is 0. The van der Waals surface area contributed by atoms with Gasteiger partial charge in [0.05, 0.1) is 18.9 Å². The first-order valence-corrected chi connectivity index (χ1v) is 6.13. The zero-order valence-corrected chi connectivity index (χ0v) is 11.0. The molecule has 2 heterocycles. The van der Waals surface area contributed by atoms with Crippen LogP contribution in [0.4, 0.5) is 10.2 Å². The lowest BCUT2D eigenvalue weighted by molar-refractivity contribution is -0.0355. The van der Waals surface area contributed by atoms with Crippen LogP contribution in [0.3, 0.4) is 0 Å². The third-order valence-corrected chi connectivity index (χ3v) is 2.97. The van der Waals surface area contributed by atoms with Crippen LogP contribution in [0.15, 0.2) is 11.0 Å². The molecule has 0 aromatic carbocycles. The standard InChI is InChI=1S/C11H16FN3O5/c1-3-19-14-9-6(12)4-15(11(18)13-9)10-8(17)7(16)5(2)20-10/h4-5,7-8,10,16-17H,3H2,1-2H3,(H,13,14,18)/t5-,7-,8-,10-/m1/s1. The van der Waals surface area contributed by atoms with E-state index in [9.17, 15) is 19.4 Å².